The number of nitrogens with one attached hydrogen (secondary N) is 1. The number of hydrogen-bond acceptors (Lipinski definition) is 3. The van der Waals surface area contributed by atoms with Crippen molar-refractivity contribution in [2.75, 3.05) is 19.8 Å². The first-order chi connectivity index (χ1) is 7.36. The first-order valence-electron chi connectivity index (χ1n) is 5.25. The zero-order valence-electron chi connectivity index (χ0n) is 8.57. The van der Waals surface area contributed by atoms with Crippen LogP contribution in [-0.2, 0) is 4.74 Å². The van der Waals surface area contributed by atoms with E-state index in [0.29, 0.717) is 18.2 Å². The second-order valence-electron chi connectivity index (χ2n) is 3.77. The number of rotatable bonds is 3. The van der Waals surface area contributed by atoms with Crippen LogP contribution in [0.25, 0.3) is 0 Å². The van der Waals surface area contributed by atoms with Gasteiger partial charge >= 0.3 is 0 Å². The summed E-state index contributed by atoms with van der Waals surface area (Å²) in [6.45, 7) is 2.26. The van der Waals surface area contributed by atoms with Gasteiger partial charge in [-0.05, 0) is 30.9 Å². The Morgan fingerprint density at radius 1 is 1.60 bits per heavy atom. The lowest BCUT2D eigenvalue weighted by molar-refractivity contribution is 0.0533. The molecular formula is C11H15NO3. The highest BCUT2D eigenvalue weighted by molar-refractivity contribution is 5.91. The van der Waals surface area contributed by atoms with Crippen molar-refractivity contribution in [2.45, 2.75) is 12.8 Å². The molecule has 1 atom stereocenters. The number of carbonyl (C=O) groups is 1. The van der Waals surface area contributed by atoms with Gasteiger partial charge in [0.1, 0.15) is 0 Å². The molecule has 1 aliphatic rings. The van der Waals surface area contributed by atoms with Crippen LogP contribution in [0.2, 0.25) is 0 Å². The van der Waals surface area contributed by atoms with Gasteiger partial charge in [-0.3, -0.25) is 4.79 Å². The predicted molar refractivity (Wildman–Crippen MR) is 54.6 cm³/mol. The third-order valence-electron chi connectivity index (χ3n) is 2.55. The molecule has 0 saturated carbocycles. The molecule has 1 saturated heterocycles. The van der Waals surface area contributed by atoms with Gasteiger partial charge in [0, 0.05) is 13.2 Å². The van der Waals surface area contributed by atoms with Gasteiger partial charge in [0.2, 0.25) is 0 Å². The third-order valence-corrected chi connectivity index (χ3v) is 2.55. The molecule has 1 amide bonds. The average molecular weight is 209 g/mol. The topological polar surface area (TPSA) is 51.5 Å². The second kappa shape index (κ2) is 4.98. The van der Waals surface area contributed by atoms with Crippen LogP contribution >= 0.6 is 0 Å². The predicted octanol–water partition coefficient (Wildman–Crippen LogP) is 1.44. The van der Waals surface area contributed by atoms with Gasteiger partial charge in [0.25, 0.3) is 5.91 Å². The highest BCUT2D eigenvalue weighted by Crippen LogP contribution is 2.12. The molecule has 0 radical (unpaired) electrons. The Hall–Kier alpha value is -1.29. The second-order valence-corrected chi connectivity index (χ2v) is 3.77. The summed E-state index contributed by atoms with van der Waals surface area (Å²) in [5.41, 5.74) is 0. The fraction of sp³-hybridized carbons (Fsp3) is 0.545. The molecule has 82 valence electrons. The minimum Gasteiger partial charge on any atom is -0.459 e. The summed E-state index contributed by atoms with van der Waals surface area (Å²) in [6, 6.07) is 3.37. The van der Waals surface area contributed by atoms with E-state index in [4.69, 9.17) is 9.15 Å². The number of hydrogen-bond donors (Lipinski definition) is 1. The quantitative estimate of drug-likeness (QED) is 0.819. The molecule has 2 rings (SSSR count). The molecular weight excluding hydrogens is 194 g/mol. The Morgan fingerprint density at radius 3 is 3.20 bits per heavy atom. The van der Waals surface area contributed by atoms with E-state index in [-0.39, 0.29) is 5.91 Å². The van der Waals surface area contributed by atoms with E-state index in [1.807, 2.05) is 0 Å². The van der Waals surface area contributed by atoms with Crippen molar-refractivity contribution < 1.29 is 13.9 Å². The first kappa shape index (κ1) is 10.2. The van der Waals surface area contributed by atoms with E-state index in [1.165, 1.54) is 6.26 Å². The van der Waals surface area contributed by atoms with Gasteiger partial charge in [-0.2, -0.15) is 0 Å². The highest BCUT2D eigenvalue weighted by atomic mass is 16.5. The van der Waals surface area contributed by atoms with E-state index < -0.39 is 0 Å². The van der Waals surface area contributed by atoms with E-state index >= 15 is 0 Å². The lowest BCUT2D eigenvalue weighted by atomic mass is 10.0. The maximum absolute atomic E-state index is 11.5. The van der Waals surface area contributed by atoms with Gasteiger partial charge < -0.3 is 14.5 Å². The Balaban J connectivity index is 1.75. The molecule has 1 aliphatic heterocycles. The van der Waals surface area contributed by atoms with Gasteiger partial charge in [0.05, 0.1) is 12.9 Å². The van der Waals surface area contributed by atoms with Crippen molar-refractivity contribution in [1.82, 2.24) is 5.32 Å². The lowest BCUT2D eigenvalue weighted by Gasteiger charge is -2.21. The summed E-state index contributed by atoms with van der Waals surface area (Å²) < 4.78 is 10.3. The molecule has 4 nitrogen and oxygen atoms in total. The summed E-state index contributed by atoms with van der Waals surface area (Å²) in [4.78, 5) is 11.5. The Morgan fingerprint density at radius 2 is 2.53 bits per heavy atom. The van der Waals surface area contributed by atoms with Crippen LogP contribution in [0.4, 0.5) is 0 Å². The van der Waals surface area contributed by atoms with Gasteiger partial charge in [-0.1, -0.05) is 0 Å². The van der Waals surface area contributed by atoms with Crippen molar-refractivity contribution in [3.8, 4) is 0 Å². The fourth-order valence-electron chi connectivity index (χ4n) is 1.70. The van der Waals surface area contributed by atoms with Crippen molar-refractivity contribution in [2.24, 2.45) is 5.92 Å². The van der Waals surface area contributed by atoms with Crippen LogP contribution in [0.1, 0.15) is 23.4 Å². The molecule has 0 spiro atoms. The van der Waals surface area contributed by atoms with Crippen LogP contribution in [0.3, 0.4) is 0 Å². The molecule has 1 aromatic rings. The first-order valence-corrected chi connectivity index (χ1v) is 5.25. The summed E-state index contributed by atoms with van der Waals surface area (Å²) in [6.07, 6.45) is 3.71. The van der Waals surface area contributed by atoms with E-state index in [2.05, 4.69) is 5.32 Å². The molecule has 1 fully saturated rings. The average Bonchev–Trinajstić information content (AvgIpc) is 2.81. The normalized spacial score (nSPS) is 21.2. The lowest BCUT2D eigenvalue weighted by Crippen LogP contribution is -2.33. The largest absolute Gasteiger partial charge is 0.459 e. The van der Waals surface area contributed by atoms with Gasteiger partial charge in [-0.25, -0.2) is 0 Å². The van der Waals surface area contributed by atoms with Crippen LogP contribution in [0.5, 0.6) is 0 Å². The molecule has 2 heterocycles. The Bertz CT molecular complexity index is 302. The Labute approximate surface area is 88.6 Å². The zero-order valence-corrected chi connectivity index (χ0v) is 8.57. The smallest absolute Gasteiger partial charge is 0.286 e. The molecule has 0 aromatic carbocycles. The molecule has 1 unspecified atom stereocenters. The van der Waals surface area contributed by atoms with Crippen LogP contribution in [0, 0.1) is 5.92 Å². The minimum absolute atomic E-state index is 0.148. The SMILES string of the molecule is O=C(NCC1CCCOC1)c1ccco1. The monoisotopic (exact) mass is 209 g/mol. The number of amides is 1. The van der Waals surface area contributed by atoms with Crippen LogP contribution in [-0.4, -0.2) is 25.7 Å². The standard InChI is InChI=1S/C11H15NO3/c13-11(10-4-2-6-15-10)12-7-9-3-1-5-14-8-9/h2,4,6,9H,1,3,5,7-8H2,(H,12,13). The minimum atomic E-state index is -0.148. The number of furan rings is 1. The third kappa shape index (κ3) is 2.83. The van der Waals surface area contributed by atoms with Crippen LogP contribution < -0.4 is 5.32 Å². The van der Waals surface area contributed by atoms with Crippen molar-refractivity contribution in [1.29, 1.82) is 0 Å². The van der Waals surface area contributed by atoms with Crippen LogP contribution in [0.15, 0.2) is 22.8 Å². The molecule has 1 N–H and O–H groups in total. The van der Waals surface area contributed by atoms with E-state index in [9.17, 15) is 4.79 Å². The van der Waals surface area contributed by atoms with E-state index in [1.54, 1.807) is 12.1 Å². The summed E-state index contributed by atoms with van der Waals surface area (Å²) in [7, 11) is 0. The summed E-state index contributed by atoms with van der Waals surface area (Å²) in [5.74, 6) is 0.662. The Kier molecular flexibility index (Phi) is 3.40. The highest BCUT2D eigenvalue weighted by Gasteiger charge is 2.15. The summed E-state index contributed by atoms with van der Waals surface area (Å²) in [5, 5.41) is 2.84. The molecule has 1 aromatic heterocycles. The zero-order chi connectivity index (χ0) is 10.5. The van der Waals surface area contributed by atoms with Crippen molar-refractivity contribution in [3.05, 3.63) is 24.2 Å². The molecule has 0 aliphatic carbocycles. The maximum atomic E-state index is 11.5. The van der Waals surface area contributed by atoms with E-state index in [0.717, 1.165) is 26.1 Å². The molecule has 15 heavy (non-hydrogen) atoms. The number of carbonyl (C=O) groups excluding carboxylic acids is 1. The van der Waals surface area contributed by atoms with Crippen molar-refractivity contribution in [3.63, 3.8) is 0 Å². The van der Waals surface area contributed by atoms with Gasteiger partial charge in [-0.15, -0.1) is 0 Å². The maximum Gasteiger partial charge on any atom is 0.286 e. The number of ether oxygens (including phenoxy) is 1. The summed E-state index contributed by atoms with van der Waals surface area (Å²) >= 11 is 0. The van der Waals surface area contributed by atoms with Crippen molar-refractivity contribution >= 4 is 5.91 Å². The fourth-order valence-corrected chi connectivity index (χ4v) is 1.70. The molecule has 0 bridgehead atoms. The van der Waals surface area contributed by atoms with Gasteiger partial charge in [0.15, 0.2) is 5.76 Å². The molecule has 4 heteroatoms.